The van der Waals surface area contributed by atoms with E-state index in [2.05, 4.69) is 30.7 Å². The Morgan fingerprint density at radius 3 is 1.78 bits per heavy atom. The van der Waals surface area contributed by atoms with Gasteiger partial charge in [0.25, 0.3) is 10.1 Å². The number of nitrogen functional groups attached to an aromatic ring is 2. The first kappa shape index (κ1) is 33.5. The first-order valence-corrected chi connectivity index (χ1v) is 15.3. The van der Waals surface area contributed by atoms with Crippen molar-refractivity contribution < 1.29 is 55.5 Å². The van der Waals surface area contributed by atoms with Gasteiger partial charge in [0.1, 0.15) is 32.1 Å². The van der Waals surface area contributed by atoms with Crippen molar-refractivity contribution in [2.24, 2.45) is 30.7 Å². The Kier molecular flexibility index (Phi) is 10.2. The van der Waals surface area contributed by atoms with Crippen molar-refractivity contribution >= 4 is 76.5 Å². The van der Waals surface area contributed by atoms with E-state index in [1.807, 2.05) is 6.07 Å². The van der Waals surface area contributed by atoms with Crippen LogP contribution < -0.4 is 41.0 Å². The molecule has 5 rings (SSSR count). The molecule has 0 heterocycles. The normalized spacial score (nSPS) is 12.3. The number of benzene rings is 5. The van der Waals surface area contributed by atoms with E-state index in [1.54, 1.807) is 42.5 Å². The Bertz CT molecular complexity index is 2190. The first-order chi connectivity index (χ1) is 20.9. The number of nitrogens with zero attached hydrogens (tertiary/aromatic N) is 6. The monoisotopic (exact) mass is 652 g/mol. The molecule has 0 amide bonds. The van der Waals surface area contributed by atoms with Crippen LogP contribution in [0.1, 0.15) is 0 Å². The van der Waals surface area contributed by atoms with E-state index in [-0.39, 0.29) is 74.8 Å². The predicted octanol–water partition coefficient (Wildman–Crippen LogP) is 4.41. The van der Waals surface area contributed by atoms with Gasteiger partial charge in [0, 0.05) is 5.39 Å². The van der Waals surface area contributed by atoms with E-state index < -0.39 is 30.0 Å². The first-order valence-electron chi connectivity index (χ1n) is 12.5. The molecule has 5 aromatic carbocycles. The molecule has 222 valence electrons. The average Bonchev–Trinajstić information content (AvgIpc) is 2.98. The molecule has 0 fully saturated rings. The molecule has 14 nitrogen and oxygen atoms in total. The Morgan fingerprint density at radius 1 is 0.600 bits per heavy atom. The van der Waals surface area contributed by atoms with Crippen molar-refractivity contribution in [1.82, 2.24) is 0 Å². The molecule has 0 aliphatic rings. The summed E-state index contributed by atoms with van der Waals surface area (Å²) in [6.45, 7) is 0. The smallest absolute Gasteiger partial charge is 0.744 e. The van der Waals surface area contributed by atoms with Crippen molar-refractivity contribution in [3.63, 3.8) is 0 Å². The molecule has 0 unspecified atom stereocenters. The second-order valence-corrected chi connectivity index (χ2v) is 11.9. The van der Waals surface area contributed by atoms with Crippen LogP contribution in [0.15, 0.2) is 138 Å². The van der Waals surface area contributed by atoms with Gasteiger partial charge >= 0.3 is 29.6 Å². The fourth-order valence-electron chi connectivity index (χ4n) is 4.00. The number of fused-ring (bicyclic) bond motifs is 1. The van der Waals surface area contributed by atoms with Crippen LogP contribution in [-0.4, -0.2) is 25.9 Å². The van der Waals surface area contributed by atoms with E-state index in [0.29, 0.717) is 11.1 Å². The molecule has 0 aromatic heterocycles. The molecule has 0 aliphatic heterocycles. The molecular weight excluding hydrogens is 631 g/mol. The summed E-state index contributed by atoms with van der Waals surface area (Å²) in [5, 5.41) is 25.7. The molecule has 0 aliphatic carbocycles. The molecule has 5 N–H and O–H groups in total. The minimum Gasteiger partial charge on any atom is -0.744 e. The van der Waals surface area contributed by atoms with Crippen LogP contribution in [0, 0.1) is 0 Å². The van der Waals surface area contributed by atoms with Gasteiger partial charge in [0.05, 0.1) is 33.3 Å². The third-order valence-corrected chi connectivity index (χ3v) is 7.83. The average molecular weight is 653 g/mol. The molecule has 0 saturated heterocycles. The van der Waals surface area contributed by atoms with Crippen LogP contribution in [0.3, 0.4) is 0 Å². The molecule has 0 saturated carbocycles. The third kappa shape index (κ3) is 8.00. The minimum absolute atomic E-state index is 0. The van der Waals surface area contributed by atoms with Crippen LogP contribution in [0.2, 0.25) is 0 Å². The number of hydrogen-bond acceptors (Lipinski definition) is 13. The summed E-state index contributed by atoms with van der Waals surface area (Å²) in [7, 11) is -9.38. The molecule has 17 heteroatoms. The quantitative estimate of drug-likeness (QED) is 0.0937. The van der Waals surface area contributed by atoms with E-state index in [4.69, 9.17) is 11.5 Å². The number of azo groups is 3. The summed E-state index contributed by atoms with van der Waals surface area (Å²) < 4.78 is 68.1. The Morgan fingerprint density at radius 2 is 1.18 bits per heavy atom. The fourth-order valence-corrected chi connectivity index (χ4v) is 5.10. The molecule has 0 atom stereocenters. The molecule has 0 radical (unpaired) electrons. The minimum atomic E-state index is -4.76. The summed E-state index contributed by atoms with van der Waals surface area (Å²) >= 11 is 0. The largest absolute Gasteiger partial charge is 1.00 e. The zero-order valence-electron chi connectivity index (χ0n) is 23.4. The Balaban J connectivity index is 0.00000461. The maximum absolute atomic E-state index is 12.3. The summed E-state index contributed by atoms with van der Waals surface area (Å²) in [5.74, 6) is 0. The molecular formula is C28H21N8NaO6S2. The van der Waals surface area contributed by atoms with Crippen LogP contribution in [0.5, 0.6) is 0 Å². The van der Waals surface area contributed by atoms with Crippen LogP contribution in [0.25, 0.3) is 10.8 Å². The molecule has 0 spiro atoms. The molecule has 0 bridgehead atoms. The number of anilines is 2. The van der Waals surface area contributed by atoms with Crippen molar-refractivity contribution in [2.75, 3.05) is 11.5 Å². The summed E-state index contributed by atoms with van der Waals surface area (Å²) in [6, 6.07) is 24.0. The van der Waals surface area contributed by atoms with Gasteiger partial charge in [-0.3, -0.25) is 4.55 Å². The van der Waals surface area contributed by atoms with Gasteiger partial charge < -0.3 is 16.0 Å². The second-order valence-electron chi connectivity index (χ2n) is 9.12. The van der Waals surface area contributed by atoms with Crippen LogP contribution in [0.4, 0.5) is 45.5 Å². The van der Waals surface area contributed by atoms with E-state index in [1.165, 1.54) is 36.4 Å². The standard InChI is InChI=1S/C28H22N8O6S2.Na/c29-21-15-22(30)25(16-24(21)34-32-19-10-12-20(13-11-19)43(37,38)39)35-36-28-26(44(40,41)42)14-9-17-5-4-8-23(27(17)28)33-31-18-6-2-1-3-7-18;/h1-16H,29-30H2,(H,37,38,39)(H,40,41,42);/q;+1/p-1. The Hall–Kier alpha value is -4.42. The summed E-state index contributed by atoms with van der Waals surface area (Å²) in [4.78, 5) is -0.942. The van der Waals surface area contributed by atoms with E-state index in [9.17, 15) is 25.9 Å². The van der Waals surface area contributed by atoms with Gasteiger partial charge in [0.15, 0.2) is 0 Å². The van der Waals surface area contributed by atoms with Crippen LogP contribution in [-0.2, 0) is 20.2 Å². The SMILES string of the molecule is Nc1cc(N)c(N=Nc2c(S(=O)(=O)O)ccc3cccc(N=Nc4ccccc4)c23)cc1N=Nc1ccc(S(=O)(=O)[O-])cc1.[Na+]. The van der Waals surface area contributed by atoms with Crippen molar-refractivity contribution in [1.29, 1.82) is 0 Å². The third-order valence-electron chi connectivity index (χ3n) is 6.10. The maximum Gasteiger partial charge on any atom is 1.00 e. The zero-order valence-corrected chi connectivity index (χ0v) is 27.0. The van der Waals surface area contributed by atoms with Gasteiger partial charge in [-0.1, -0.05) is 36.4 Å². The molecule has 5 aromatic rings. The van der Waals surface area contributed by atoms with E-state index >= 15 is 0 Å². The topological polar surface area (TPSA) is 238 Å². The van der Waals surface area contributed by atoms with Crippen molar-refractivity contribution in [3.05, 3.63) is 97.1 Å². The second kappa shape index (κ2) is 13.7. The summed E-state index contributed by atoms with van der Waals surface area (Å²) in [5.41, 5.74) is 13.3. The molecule has 45 heavy (non-hydrogen) atoms. The van der Waals surface area contributed by atoms with Gasteiger partial charge in [-0.15, -0.1) is 20.5 Å². The zero-order chi connectivity index (χ0) is 31.5. The van der Waals surface area contributed by atoms with Crippen molar-refractivity contribution in [2.45, 2.75) is 9.79 Å². The van der Waals surface area contributed by atoms with Gasteiger partial charge in [-0.25, -0.2) is 8.42 Å². The Labute approximate surface area is 279 Å². The summed E-state index contributed by atoms with van der Waals surface area (Å²) in [6.07, 6.45) is 0. The van der Waals surface area contributed by atoms with Gasteiger partial charge in [0.2, 0.25) is 0 Å². The number of rotatable bonds is 8. The van der Waals surface area contributed by atoms with Gasteiger partial charge in [-0.05, 0) is 66.0 Å². The van der Waals surface area contributed by atoms with Crippen molar-refractivity contribution in [3.8, 4) is 0 Å². The van der Waals surface area contributed by atoms with Gasteiger partial charge in [-0.2, -0.15) is 18.6 Å². The predicted molar refractivity (Wildman–Crippen MR) is 162 cm³/mol. The number of nitrogens with two attached hydrogens (primary N) is 2. The number of hydrogen-bond donors (Lipinski definition) is 3. The maximum atomic E-state index is 12.3. The van der Waals surface area contributed by atoms with Crippen LogP contribution >= 0.6 is 0 Å². The van der Waals surface area contributed by atoms with E-state index in [0.717, 1.165) is 12.1 Å². The fraction of sp³-hybridized carbons (Fsp3) is 0.